The molecule has 0 amide bonds. The van der Waals surface area contributed by atoms with Gasteiger partial charge in [0.1, 0.15) is 11.0 Å². The number of hydrogen-bond acceptors (Lipinski definition) is 6. The molecule has 0 aliphatic carbocycles. The predicted molar refractivity (Wildman–Crippen MR) is 179 cm³/mol. The van der Waals surface area contributed by atoms with Crippen LogP contribution >= 0.6 is 0 Å². The monoisotopic (exact) mass is 635 g/mol. The second kappa shape index (κ2) is 11.5. The molecule has 0 aliphatic heterocycles. The van der Waals surface area contributed by atoms with Gasteiger partial charge in [0, 0.05) is 47.0 Å². The molecule has 7 nitrogen and oxygen atoms in total. The molecule has 0 N–H and O–H groups in total. The van der Waals surface area contributed by atoms with Gasteiger partial charge in [-0.15, -0.1) is 10.2 Å². The standard InChI is InChI=1S/C38H24F3N7/c1-23-16-27(22-43-20-23)34-18-28(38(39,40)41)19-35(45-34)31-14-13-30(33-10-4-9-32(44-33)26-8-5-15-42-21-26)36-37(31)47-48(46-36)29-12-11-24-6-2-3-7-25(24)17-29/h2-22H,1H3. The molecule has 8 aromatic rings. The third-order valence-corrected chi connectivity index (χ3v) is 8.09. The number of rotatable bonds is 5. The first-order valence-corrected chi connectivity index (χ1v) is 15.1. The lowest BCUT2D eigenvalue weighted by atomic mass is 10.0. The van der Waals surface area contributed by atoms with Crippen molar-refractivity contribution in [2.24, 2.45) is 0 Å². The van der Waals surface area contributed by atoms with Crippen LogP contribution in [-0.2, 0) is 6.18 Å². The van der Waals surface area contributed by atoms with Gasteiger partial charge in [-0.2, -0.15) is 18.0 Å². The number of benzene rings is 3. The molecule has 0 bridgehead atoms. The highest BCUT2D eigenvalue weighted by Crippen LogP contribution is 2.38. The molecule has 0 saturated carbocycles. The maximum atomic E-state index is 14.3. The van der Waals surface area contributed by atoms with Crippen LogP contribution in [0.25, 0.3) is 72.5 Å². The Kier molecular flexibility index (Phi) is 6.98. The fourth-order valence-electron chi connectivity index (χ4n) is 5.76. The van der Waals surface area contributed by atoms with Gasteiger partial charge in [-0.25, -0.2) is 9.97 Å². The van der Waals surface area contributed by atoms with Gasteiger partial charge in [0.15, 0.2) is 0 Å². The van der Waals surface area contributed by atoms with Crippen LogP contribution in [0.1, 0.15) is 11.1 Å². The van der Waals surface area contributed by atoms with Gasteiger partial charge in [-0.3, -0.25) is 9.97 Å². The maximum absolute atomic E-state index is 14.3. The van der Waals surface area contributed by atoms with Gasteiger partial charge in [-0.05, 0) is 90.0 Å². The van der Waals surface area contributed by atoms with Crippen LogP contribution < -0.4 is 0 Å². The average Bonchev–Trinajstić information content (AvgIpc) is 3.57. The van der Waals surface area contributed by atoms with Crippen molar-refractivity contribution in [2.45, 2.75) is 13.1 Å². The van der Waals surface area contributed by atoms with Crippen LogP contribution in [0.3, 0.4) is 0 Å². The molecule has 0 atom stereocenters. The van der Waals surface area contributed by atoms with Crippen molar-refractivity contribution in [3.8, 4) is 50.7 Å². The summed E-state index contributed by atoms with van der Waals surface area (Å²) in [5, 5.41) is 11.8. The first kappa shape index (κ1) is 29.1. The summed E-state index contributed by atoms with van der Waals surface area (Å²) in [6.07, 6.45) is 1.98. The molecule has 8 rings (SSSR count). The summed E-state index contributed by atoms with van der Waals surface area (Å²) in [5.74, 6) is 0. The fraction of sp³-hybridized carbons (Fsp3) is 0.0526. The van der Waals surface area contributed by atoms with Crippen LogP contribution in [-0.4, -0.2) is 34.9 Å². The first-order chi connectivity index (χ1) is 23.3. The number of aromatic nitrogens is 7. The Balaban J connectivity index is 1.36. The zero-order chi connectivity index (χ0) is 32.8. The highest BCUT2D eigenvalue weighted by molar-refractivity contribution is 5.99. The third-order valence-electron chi connectivity index (χ3n) is 8.09. The van der Waals surface area contributed by atoms with Crippen molar-refractivity contribution in [2.75, 3.05) is 0 Å². The average molecular weight is 636 g/mol. The predicted octanol–water partition coefficient (Wildman–Crippen LogP) is 9.15. The second-order valence-electron chi connectivity index (χ2n) is 11.4. The van der Waals surface area contributed by atoms with E-state index in [1.165, 1.54) is 11.0 Å². The van der Waals surface area contributed by atoms with Gasteiger partial charge in [0.05, 0.1) is 34.0 Å². The largest absolute Gasteiger partial charge is 0.416 e. The molecule has 5 heterocycles. The summed E-state index contributed by atoms with van der Waals surface area (Å²) in [6, 6.07) is 30.6. The van der Waals surface area contributed by atoms with Crippen molar-refractivity contribution >= 4 is 21.8 Å². The Morgan fingerprint density at radius 2 is 1.27 bits per heavy atom. The molecule has 0 spiro atoms. The summed E-state index contributed by atoms with van der Waals surface area (Å²) < 4.78 is 42.9. The molecule has 0 saturated heterocycles. The molecule has 3 aromatic carbocycles. The molecular formula is C38H24F3N7. The highest BCUT2D eigenvalue weighted by Gasteiger charge is 2.32. The Bertz CT molecular complexity index is 2470. The number of halogens is 3. The van der Waals surface area contributed by atoms with E-state index in [9.17, 15) is 13.2 Å². The van der Waals surface area contributed by atoms with Crippen LogP contribution in [0.2, 0.25) is 0 Å². The zero-order valence-corrected chi connectivity index (χ0v) is 25.4. The van der Waals surface area contributed by atoms with Crippen LogP contribution in [0.4, 0.5) is 13.2 Å². The van der Waals surface area contributed by atoms with Crippen LogP contribution in [0.15, 0.2) is 128 Å². The van der Waals surface area contributed by atoms with E-state index in [1.54, 1.807) is 30.7 Å². The second-order valence-corrected chi connectivity index (χ2v) is 11.4. The molecule has 0 radical (unpaired) electrons. The number of nitrogens with zero attached hydrogens (tertiary/aromatic N) is 7. The van der Waals surface area contributed by atoms with Crippen molar-refractivity contribution < 1.29 is 13.2 Å². The summed E-state index contributed by atoms with van der Waals surface area (Å²) >= 11 is 0. The minimum atomic E-state index is -4.61. The number of pyridine rings is 4. The van der Waals surface area contributed by atoms with Gasteiger partial charge in [-0.1, -0.05) is 36.4 Å². The first-order valence-electron chi connectivity index (χ1n) is 15.1. The normalized spacial score (nSPS) is 11.8. The smallest absolute Gasteiger partial charge is 0.264 e. The molecule has 0 unspecified atom stereocenters. The molecule has 0 fully saturated rings. The molecule has 232 valence electrons. The maximum Gasteiger partial charge on any atom is 0.416 e. The number of hydrogen-bond donors (Lipinski definition) is 0. The van der Waals surface area contributed by atoms with Crippen molar-refractivity contribution in [3.63, 3.8) is 0 Å². The quantitative estimate of drug-likeness (QED) is 0.188. The zero-order valence-electron chi connectivity index (χ0n) is 25.4. The minimum absolute atomic E-state index is 0.112. The van der Waals surface area contributed by atoms with Crippen molar-refractivity contribution in [1.82, 2.24) is 34.9 Å². The van der Waals surface area contributed by atoms with Gasteiger partial charge < -0.3 is 0 Å². The number of alkyl halides is 3. The number of fused-ring (bicyclic) bond motifs is 2. The van der Waals surface area contributed by atoms with Gasteiger partial charge in [0.2, 0.25) is 0 Å². The fourth-order valence-corrected chi connectivity index (χ4v) is 5.76. The molecule has 0 aliphatic rings. The third kappa shape index (κ3) is 5.43. The SMILES string of the molecule is Cc1cncc(-c2cc(C(F)(F)F)cc(-c3ccc(-c4cccc(-c5cccnc5)n4)c4nn(-c5ccc6ccccc6c5)nc34)n2)c1. The lowest BCUT2D eigenvalue weighted by Crippen LogP contribution is -2.07. The van der Waals surface area contributed by atoms with E-state index in [4.69, 9.17) is 20.2 Å². The highest BCUT2D eigenvalue weighted by atomic mass is 19.4. The molecule has 5 aromatic heterocycles. The van der Waals surface area contributed by atoms with E-state index in [1.807, 2.05) is 85.8 Å². The number of aryl methyl sites for hydroxylation is 1. The molecular weight excluding hydrogens is 611 g/mol. The van der Waals surface area contributed by atoms with E-state index in [-0.39, 0.29) is 11.4 Å². The summed E-state index contributed by atoms with van der Waals surface area (Å²) in [4.78, 5) is 19.5. The van der Waals surface area contributed by atoms with E-state index >= 15 is 0 Å². The summed E-state index contributed by atoms with van der Waals surface area (Å²) in [5.41, 5.74) is 5.53. The van der Waals surface area contributed by atoms with Crippen molar-refractivity contribution in [1.29, 1.82) is 0 Å². The molecule has 48 heavy (non-hydrogen) atoms. The minimum Gasteiger partial charge on any atom is -0.264 e. The Morgan fingerprint density at radius 3 is 2.02 bits per heavy atom. The topological polar surface area (TPSA) is 82.3 Å². The summed E-state index contributed by atoms with van der Waals surface area (Å²) in [6.45, 7) is 1.83. The Hall–Kier alpha value is -6.29. The van der Waals surface area contributed by atoms with Crippen molar-refractivity contribution in [3.05, 3.63) is 139 Å². The lowest BCUT2D eigenvalue weighted by Gasteiger charge is -2.13. The van der Waals surface area contributed by atoms with E-state index in [0.29, 0.717) is 39.1 Å². The van der Waals surface area contributed by atoms with Crippen LogP contribution in [0, 0.1) is 6.92 Å². The summed E-state index contributed by atoms with van der Waals surface area (Å²) in [7, 11) is 0. The molecule has 10 heteroatoms. The lowest BCUT2D eigenvalue weighted by molar-refractivity contribution is -0.137. The van der Waals surface area contributed by atoms with Gasteiger partial charge >= 0.3 is 6.18 Å². The Labute approximate surface area is 272 Å². The Morgan fingerprint density at radius 1 is 0.562 bits per heavy atom. The van der Waals surface area contributed by atoms with E-state index in [2.05, 4.69) is 9.97 Å². The van der Waals surface area contributed by atoms with E-state index < -0.39 is 11.7 Å². The van der Waals surface area contributed by atoms with Gasteiger partial charge in [0.25, 0.3) is 0 Å². The van der Waals surface area contributed by atoms with E-state index in [0.717, 1.165) is 39.7 Å². The van der Waals surface area contributed by atoms with Crippen LogP contribution in [0.5, 0.6) is 0 Å².